The van der Waals surface area contributed by atoms with E-state index in [0.29, 0.717) is 19.5 Å². The van der Waals surface area contributed by atoms with Crippen molar-refractivity contribution in [3.8, 4) is 0 Å². The Bertz CT molecular complexity index is 679. The molecule has 25 heavy (non-hydrogen) atoms. The first kappa shape index (κ1) is 19.2. The molecule has 0 aromatic carbocycles. The minimum Gasteiger partial charge on any atom is -0.462 e. The number of esters is 1. The van der Waals surface area contributed by atoms with Crippen LogP contribution in [0.25, 0.3) is 0 Å². The maximum atomic E-state index is 12.9. The van der Waals surface area contributed by atoms with Crippen LogP contribution >= 0.6 is 0 Å². The second-order valence-corrected chi connectivity index (χ2v) is 6.46. The third-order valence-corrected chi connectivity index (χ3v) is 4.53. The molecule has 0 saturated heterocycles. The number of fused-ring (bicyclic) bond motifs is 1. The third-order valence-electron chi connectivity index (χ3n) is 4.53. The van der Waals surface area contributed by atoms with Crippen molar-refractivity contribution in [2.45, 2.75) is 65.3 Å². The zero-order valence-corrected chi connectivity index (χ0v) is 15.2. The molecule has 6 heteroatoms. The van der Waals surface area contributed by atoms with Crippen molar-refractivity contribution >= 4 is 11.9 Å². The number of aromatic nitrogens is 1. The highest BCUT2D eigenvalue weighted by Crippen LogP contribution is 2.20. The number of carbonyl (C=O) groups excluding carboxylic acids is 2. The number of rotatable bonds is 6. The lowest BCUT2D eigenvalue weighted by atomic mass is 9.95. The van der Waals surface area contributed by atoms with E-state index in [1.54, 1.807) is 17.6 Å². The normalized spacial score (nSPS) is 14.2. The zero-order chi connectivity index (χ0) is 18.2. The first-order valence-corrected chi connectivity index (χ1v) is 9.21. The lowest BCUT2D eigenvalue weighted by Crippen LogP contribution is -2.32. The van der Waals surface area contributed by atoms with E-state index < -0.39 is 5.97 Å². The van der Waals surface area contributed by atoms with Gasteiger partial charge in [-0.25, -0.2) is 4.79 Å². The molecule has 1 amide bonds. The predicted molar refractivity (Wildman–Crippen MR) is 95.8 cm³/mol. The van der Waals surface area contributed by atoms with E-state index in [0.717, 1.165) is 36.9 Å². The molecule has 6 nitrogen and oxygen atoms in total. The summed E-state index contributed by atoms with van der Waals surface area (Å²) in [7, 11) is 0. The fourth-order valence-electron chi connectivity index (χ4n) is 3.33. The number of hydrogen-bond acceptors (Lipinski definition) is 4. The number of amides is 1. The summed E-state index contributed by atoms with van der Waals surface area (Å²) in [4.78, 5) is 36.1. The molecule has 138 valence electrons. The fraction of sp³-hybridized carbons (Fsp3) is 0.632. The summed E-state index contributed by atoms with van der Waals surface area (Å²) in [5.74, 6) is -0.629. The van der Waals surface area contributed by atoms with Crippen LogP contribution in [0.1, 0.15) is 67.6 Å². The molecule has 1 N–H and O–H groups in total. The molecule has 0 spiro atoms. The van der Waals surface area contributed by atoms with Crippen LogP contribution in [0.3, 0.4) is 0 Å². The van der Waals surface area contributed by atoms with E-state index in [1.807, 2.05) is 0 Å². The quantitative estimate of drug-likeness (QED) is 0.632. The zero-order valence-electron chi connectivity index (χ0n) is 15.2. The van der Waals surface area contributed by atoms with E-state index >= 15 is 0 Å². The smallest absolute Gasteiger partial charge is 0.343 e. The van der Waals surface area contributed by atoms with Gasteiger partial charge in [-0.3, -0.25) is 9.59 Å². The van der Waals surface area contributed by atoms with Gasteiger partial charge in [-0.2, -0.15) is 0 Å². The Morgan fingerprint density at radius 1 is 1.20 bits per heavy atom. The van der Waals surface area contributed by atoms with Gasteiger partial charge >= 0.3 is 5.97 Å². The van der Waals surface area contributed by atoms with Crippen LogP contribution < -0.4 is 10.9 Å². The van der Waals surface area contributed by atoms with Crippen molar-refractivity contribution in [2.24, 2.45) is 0 Å². The molecule has 1 aromatic rings. The van der Waals surface area contributed by atoms with E-state index in [1.165, 1.54) is 19.8 Å². The van der Waals surface area contributed by atoms with Crippen LogP contribution in [0.5, 0.6) is 0 Å². The van der Waals surface area contributed by atoms with Crippen LogP contribution in [0.4, 0.5) is 0 Å². The number of ether oxygens (including phenoxy) is 1. The van der Waals surface area contributed by atoms with Gasteiger partial charge in [-0.15, -0.1) is 0 Å². The van der Waals surface area contributed by atoms with Gasteiger partial charge in [-0.1, -0.05) is 12.8 Å². The lowest BCUT2D eigenvalue weighted by Gasteiger charge is -2.21. The highest BCUT2D eigenvalue weighted by molar-refractivity contribution is 5.89. The van der Waals surface area contributed by atoms with Crippen molar-refractivity contribution in [3.63, 3.8) is 0 Å². The van der Waals surface area contributed by atoms with Crippen LogP contribution in [-0.2, 0) is 28.9 Å². The summed E-state index contributed by atoms with van der Waals surface area (Å²) in [5.41, 5.74) is 1.98. The Labute approximate surface area is 148 Å². The van der Waals surface area contributed by atoms with Crippen molar-refractivity contribution < 1.29 is 14.3 Å². The van der Waals surface area contributed by atoms with Crippen molar-refractivity contribution in [1.82, 2.24) is 9.88 Å². The standard InChI is InChI=1S/C19H28N2O4/c1-3-25-19(24)16-13-15-9-6-4-5-7-10-17(15)21(18(16)23)12-8-11-20-14(2)22/h13H,3-12H2,1-2H3,(H,20,22). The van der Waals surface area contributed by atoms with Gasteiger partial charge in [0, 0.05) is 25.7 Å². The molecule has 0 aliphatic heterocycles. The number of hydrogen-bond donors (Lipinski definition) is 1. The Kier molecular flexibility index (Phi) is 7.22. The lowest BCUT2D eigenvalue weighted by molar-refractivity contribution is -0.118. The highest BCUT2D eigenvalue weighted by atomic mass is 16.5. The van der Waals surface area contributed by atoms with Crippen molar-refractivity contribution in [1.29, 1.82) is 0 Å². The summed E-state index contributed by atoms with van der Waals surface area (Å²) in [6, 6.07) is 1.74. The number of carbonyl (C=O) groups is 2. The molecule has 0 bridgehead atoms. The van der Waals surface area contributed by atoms with Crippen LogP contribution in [-0.4, -0.2) is 29.6 Å². The number of pyridine rings is 1. The first-order valence-electron chi connectivity index (χ1n) is 9.21. The molecule has 1 aliphatic rings. The monoisotopic (exact) mass is 348 g/mol. The Balaban J connectivity index is 2.35. The van der Waals surface area contributed by atoms with Gasteiger partial charge in [-0.05, 0) is 50.7 Å². The molecule has 1 aromatic heterocycles. The molecular formula is C19H28N2O4. The van der Waals surface area contributed by atoms with Crippen molar-refractivity contribution in [2.75, 3.05) is 13.2 Å². The molecule has 1 aliphatic carbocycles. The van der Waals surface area contributed by atoms with E-state index in [2.05, 4.69) is 5.32 Å². The molecule has 1 heterocycles. The summed E-state index contributed by atoms with van der Waals surface area (Å²) < 4.78 is 6.79. The maximum absolute atomic E-state index is 12.9. The van der Waals surface area contributed by atoms with Crippen LogP contribution in [0, 0.1) is 0 Å². The minimum atomic E-state index is -0.548. The largest absolute Gasteiger partial charge is 0.462 e. The Morgan fingerprint density at radius 2 is 1.92 bits per heavy atom. The second kappa shape index (κ2) is 9.39. The first-order chi connectivity index (χ1) is 12.0. The molecule has 0 radical (unpaired) electrons. The predicted octanol–water partition coefficient (Wildman–Crippen LogP) is 2.21. The van der Waals surface area contributed by atoms with Gasteiger partial charge in [0.1, 0.15) is 5.56 Å². The van der Waals surface area contributed by atoms with E-state index in [-0.39, 0.29) is 23.6 Å². The SMILES string of the molecule is CCOC(=O)c1cc2c(n(CCCNC(C)=O)c1=O)CCCCCC2. The van der Waals surface area contributed by atoms with E-state index in [9.17, 15) is 14.4 Å². The molecule has 0 unspecified atom stereocenters. The highest BCUT2D eigenvalue weighted by Gasteiger charge is 2.20. The van der Waals surface area contributed by atoms with Gasteiger partial charge in [0.05, 0.1) is 6.61 Å². The van der Waals surface area contributed by atoms with Crippen LogP contribution in [0.15, 0.2) is 10.9 Å². The minimum absolute atomic E-state index is 0.0806. The average molecular weight is 348 g/mol. The molecule has 0 saturated carbocycles. The van der Waals surface area contributed by atoms with Gasteiger partial charge in [0.25, 0.3) is 5.56 Å². The molecule has 0 fully saturated rings. The number of nitrogens with one attached hydrogen (secondary N) is 1. The van der Waals surface area contributed by atoms with Gasteiger partial charge in [0.15, 0.2) is 0 Å². The topological polar surface area (TPSA) is 77.4 Å². The summed E-state index contributed by atoms with van der Waals surface area (Å²) in [5, 5.41) is 2.75. The summed E-state index contributed by atoms with van der Waals surface area (Å²) >= 11 is 0. The van der Waals surface area contributed by atoms with Gasteiger partial charge in [0.2, 0.25) is 5.91 Å². The second-order valence-electron chi connectivity index (χ2n) is 6.46. The summed E-state index contributed by atoms with van der Waals surface area (Å²) in [6.45, 7) is 4.47. The number of nitrogens with zero attached hydrogens (tertiary/aromatic N) is 1. The third kappa shape index (κ3) is 5.18. The molecular weight excluding hydrogens is 320 g/mol. The Morgan fingerprint density at radius 3 is 2.60 bits per heavy atom. The van der Waals surface area contributed by atoms with Crippen molar-refractivity contribution in [3.05, 3.63) is 33.2 Å². The van der Waals surface area contributed by atoms with Gasteiger partial charge < -0.3 is 14.6 Å². The van der Waals surface area contributed by atoms with Crippen LogP contribution in [0.2, 0.25) is 0 Å². The Hall–Kier alpha value is -2.11. The van der Waals surface area contributed by atoms with E-state index in [4.69, 9.17) is 4.74 Å². The number of aryl methyl sites for hydroxylation is 1. The molecule has 2 rings (SSSR count). The maximum Gasteiger partial charge on any atom is 0.343 e. The average Bonchev–Trinajstić information content (AvgIpc) is 2.54. The molecule has 0 atom stereocenters. The summed E-state index contributed by atoms with van der Waals surface area (Å²) in [6.07, 6.45) is 6.85. The fourth-order valence-corrected chi connectivity index (χ4v) is 3.33.